The van der Waals surface area contributed by atoms with Gasteiger partial charge in [0.25, 0.3) is 5.91 Å². The number of para-hydroxylation sites is 1. The summed E-state index contributed by atoms with van der Waals surface area (Å²) in [5, 5.41) is 12.4. The number of carbonyl (C=O) groups is 1. The van der Waals surface area contributed by atoms with Crippen LogP contribution < -0.4 is 10.1 Å². The molecule has 3 aromatic rings. The molecule has 1 amide bonds. The van der Waals surface area contributed by atoms with Gasteiger partial charge in [0.2, 0.25) is 0 Å². The second kappa shape index (κ2) is 11.3. The first kappa shape index (κ1) is 24.0. The normalized spacial score (nSPS) is 11.0. The summed E-state index contributed by atoms with van der Waals surface area (Å²) in [6, 6.07) is 21.4. The Morgan fingerprint density at radius 2 is 1.91 bits per heavy atom. The molecule has 3 rings (SSSR count). The van der Waals surface area contributed by atoms with Gasteiger partial charge in [-0.05, 0) is 83.5 Å². The summed E-state index contributed by atoms with van der Waals surface area (Å²) >= 11 is 5.89. The molecule has 1 N–H and O–H groups in total. The van der Waals surface area contributed by atoms with Gasteiger partial charge in [-0.3, -0.25) is 4.79 Å². The van der Waals surface area contributed by atoms with Crippen molar-refractivity contribution >= 4 is 56.2 Å². The lowest BCUT2D eigenvalue weighted by molar-refractivity contribution is -0.112. The Bertz CT molecular complexity index is 1210. The number of hydrogen-bond acceptors (Lipinski definition) is 3. The van der Waals surface area contributed by atoms with E-state index < -0.39 is 5.91 Å². The number of anilines is 1. The highest BCUT2D eigenvalue weighted by molar-refractivity contribution is 14.1. The van der Waals surface area contributed by atoms with Crippen molar-refractivity contribution in [1.82, 2.24) is 0 Å². The fourth-order valence-electron chi connectivity index (χ4n) is 3.22. The lowest BCUT2D eigenvalue weighted by Crippen LogP contribution is -2.14. The van der Waals surface area contributed by atoms with Crippen LogP contribution in [0.3, 0.4) is 0 Å². The van der Waals surface area contributed by atoms with E-state index in [1.165, 1.54) is 0 Å². The largest absolute Gasteiger partial charge is 0.494 e. The van der Waals surface area contributed by atoms with Crippen molar-refractivity contribution in [2.24, 2.45) is 0 Å². The number of amides is 1. The number of nitriles is 1. The molecule has 0 radical (unpaired) electrons. The van der Waals surface area contributed by atoms with Crippen molar-refractivity contribution in [1.29, 1.82) is 5.26 Å². The van der Waals surface area contributed by atoms with Gasteiger partial charge in [0.15, 0.2) is 0 Å². The number of aryl methyl sites for hydroxylation is 1. The summed E-state index contributed by atoms with van der Waals surface area (Å²) in [5.41, 5.74) is 4.62. The predicted molar refractivity (Wildman–Crippen MR) is 141 cm³/mol. The van der Waals surface area contributed by atoms with Gasteiger partial charge in [-0.2, -0.15) is 5.26 Å². The predicted octanol–water partition coefficient (Wildman–Crippen LogP) is 6.90. The minimum Gasteiger partial charge on any atom is -0.494 e. The van der Waals surface area contributed by atoms with E-state index in [9.17, 15) is 10.1 Å². The molecule has 0 saturated carbocycles. The number of hydrogen-bond donors (Lipinski definition) is 1. The van der Waals surface area contributed by atoms with Crippen molar-refractivity contribution in [2.75, 3.05) is 11.9 Å². The Balaban J connectivity index is 1.93. The standard InChI is InChI=1S/C26H22BrIN2O2/c1-3-32-25-14-18(13-23(28)21(25)15-19-9-5-6-10-22(19)27)12-20(16-29)26(31)30-24-11-7-4-8-17(24)2/h4-14H,3,15H2,1-2H3,(H,30,31)/b20-12+. The number of halogens is 2. The van der Waals surface area contributed by atoms with Gasteiger partial charge < -0.3 is 10.1 Å². The van der Waals surface area contributed by atoms with Crippen LogP contribution in [0, 0.1) is 21.8 Å². The van der Waals surface area contributed by atoms with Gasteiger partial charge in [0, 0.05) is 25.7 Å². The lowest BCUT2D eigenvalue weighted by atomic mass is 10.0. The molecule has 0 aliphatic rings. The molecule has 32 heavy (non-hydrogen) atoms. The maximum absolute atomic E-state index is 12.7. The third-order valence-electron chi connectivity index (χ3n) is 4.87. The number of rotatable bonds is 7. The van der Waals surface area contributed by atoms with Crippen LogP contribution >= 0.6 is 38.5 Å². The number of benzene rings is 3. The Labute approximate surface area is 210 Å². The number of ether oxygens (including phenoxy) is 1. The Morgan fingerprint density at radius 3 is 2.59 bits per heavy atom. The highest BCUT2D eigenvalue weighted by Crippen LogP contribution is 2.31. The fourth-order valence-corrected chi connectivity index (χ4v) is 4.46. The highest BCUT2D eigenvalue weighted by atomic mass is 127. The van der Waals surface area contributed by atoms with Crippen LogP contribution in [0.15, 0.2) is 70.7 Å². The molecule has 0 heterocycles. The second-order valence-electron chi connectivity index (χ2n) is 7.12. The van der Waals surface area contributed by atoms with E-state index in [1.807, 2.05) is 74.5 Å². The van der Waals surface area contributed by atoms with E-state index in [2.05, 4.69) is 49.9 Å². The zero-order valence-electron chi connectivity index (χ0n) is 17.8. The van der Waals surface area contributed by atoms with Gasteiger partial charge >= 0.3 is 0 Å². The molecule has 0 atom stereocenters. The van der Waals surface area contributed by atoms with Crippen molar-refractivity contribution in [3.8, 4) is 11.8 Å². The van der Waals surface area contributed by atoms with Crippen LogP contribution in [0.1, 0.15) is 29.2 Å². The zero-order chi connectivity index (χ0) is 23.1. The molecule has 4 nitrogen and oxygen atoms in total. The van der Waals surface area contributed by atoms with Gasteiger partial charge in [0.1, 0.15) is 17.4 Å². The Hall–Kier alpha value is -2.63. The van der Waals surface area contributed by atoms with Crippen LogP contribution in [0.25, 0.3) is 6.08 Å². The minimum atomic E-state index is -0.438. The molecule has 3 aromatic carbocycles. The quantitative estimate of drug-likeness (QED) is 0.182. The topological polar surface area (TPSA) is 62.1 Å². The van der Waals surface area contributed by atoms with Crippen molar-refractivity contribution in [3.63, 3.8) is 0 Å². The maximum atomic E-state index is 12.7. The minimum absolute atomic E-state index is 0.0325. The van der Waals surface area contributed by atoms with Crippen LogP contribution in [0.2, 0.25) is 0 Å². The molecular weight excluding hydrogens is 579 g/mol. The summed E-state index contributed by atoms with van der Waals surface area (Å²) in [4.78, 5) is 12.7. The van der Waals surface area contributed by atoms with Crippen LogP contribution in [0.4, 0.5) is 5.69 Å². The number of carbonyl (C=O) groups excluding carboxylic acids is 1. The summed E-state index contributed by atoms with van der Waals surface area (Å²) in [5.74, 6) is 0.310. The summed E-state index contributed by atoms with van der Waals surface area (Å²) in [7, 11) is 0. The van der Waals surface area contributed by atoms with E-state index in [-0.39, 0.29) is 5.57 Å². The summed E-state index contributed by atoms with van der Waals surface area (Å²) in [6.07, 6.45) is 2.30. The molecule has 0 fully saturated rings. The van der Waals surface area contributed by atoms with Gasteiger partial charge in [0.05, 0.1) is 6.61 Å². The van der Waals surface area contributed by atoms with E-state index in [0.29, 0.717) is 18.7 Å². The highest BCUT2D eigenvalue weighted by Gasteiger charge is 2.15. The molecule has 0 unspecified atom stereocenters. The average molecular weight is 601 g/mol. The fraction of sp³-hybridized carbons (Fsp3) is 0.154. The van der Waals surface area contributed by atoms with Crippen LogP contribution in [-0.4, -0.2) is 12.5 Å². The smallest absolute Gasteiger partial charge is 0.266 e. The van der Waals surface area contributed by atoms with Gasteiger partial charge in [-0.1, -0.05) is 52.3 Å². The molecule has 162 valence electrons. The number of nitrogens with one attached hydrogen (secondary N) is 1. The van der Waals surface area contributed by atoms with E-state index in [1.54, 1.807) is 6.08 Å². The third-order valence-corrected chi connectivity index (χ3v) is 6.61. The first-order valence-electron chi connectivity index (χ1n) is 10.1. The summed E-state index contributed by atoms with van der Waals surface area (Å²) < 4.78 is 7.97. The molecule has 0 bridgehead atoms. The van der Waals surface area contributed by atoms with Crippen LogP contribution in [0.5, 0.6) is 5.75 Å². The Morgan fingerprint density at radius 1 is 1.19 bits per heavy atom. The molecular formula is C26H22BrIN2O2. The zero-order valence-corrected chi connectivity index (χ0v) is 21.5. The molecule has 0 aliphatic carbocycles. The van der Waals surface area contributed by atoms with Crippen molar-refractivity contribution < 1.29 is 9.53 Å². The maximum Gasteiger partial charge on any atom is 0.266 e. The van der Waals surface area contributed by atoms with Gasteiger partial charge in [-0.25, -0.2) is 0 Å². The van der Waals surface area contributed by atoms with Crippen LogP contribution in [-0.2, 0) is 11.2 Å². The second-order valence-corrected chi connectivity index (χ2v) is 9.14. The first-order valence-corrected chi connectivity index (χ1v) is 12.0. The molecule has 0 aliphatic heterocycles. The van der Waals surface area contributed by atoms with Crippen molar-refractivity contribution in [2.45, 2.75) is 20.3 Å². The van der Waals surface area contributed by atoms with Gasteiger partial charge in [-0.15, -0.1) is 0 Å². The third kappa shape index (κ3) is 5.99. The molecule has 0 saturated heterocycles. The van der Waals surface area contributed by atoms with E-state index >= 15 is 0 Å². The molecule has 6 heteroatoms. The number of nitrogens with zero attached hydrogens (tertiary/aromatic N) is 1. The SMILES string of the molecule is CCOc1cc(/C=C(\C#N)C(=O)Nc2ccccc2C)cc(I)c1Cc1ccccc1Br. The average Bonchev–Trinajstić information content (AvgIpc) is 2.77. The monoisotopic (exact) mass is 600 g/mol. The van der Waals surface area contributed by atoms with E-state index in [4.69, 9.17) is 4.74 Å². The lowest BCUT2D eigenvalue weighted by Gasteiger charge is -2.15. The Kier molecular flexibility index (Phi) is 8.48. The first-order chi connectivity index (χ1) is 15.4. The molecule has 0 spiro atoms. The van der Waals surface area contributed by atoms with Crippen molar-refractivity contribution in [3.05, 3.63) is 96.5 Å². The van der Waals surface area contributed by atoms with E-state index in [0.717, 1.165) is 36.0 Å². The molecule has 0 aromatic heterocycles. The summed E-state index contributed by atoms with van der Waals surface area (Å²) in [6.45, 7) is 4.37.